The summed E-state index contributed by atoms with van der Waals surface area (Å²) in [5, 5.41) is 9.07. The highest BCUT2D eigenvalue weighted by atomic mass is 16.4. The van der Waals surface area contributed by atoms with Crippen molar-refractivity contribution in [1.29, 1.82) is 0 Å². The van der Waals surface area contributed by atoms with E-state index in [1.807, 2.05) is 24.3 Å². The third-order valence-electron chi connectivity index (χ3n) is 4.83. The summed E-state index contributed by atoms with van der Waals surface area (Å²) in [7, 11) is 2.12. The standard InChI is InChI=1S/C22H24N2O3/c1-23-11-13-24(14-12-23)16-19-6-2-3-8-20(19)21(25)10-9-17-5-4-7-18(15-17)22(26)27/h2-10,15H,11-14,16H2,1H3,(H,26,27)/b10-9+. The molecule has 27 heavy (non-hydrogen) atoms. The zero-order chi connectivity index (χ0) is 19.2. The molecule has 0 bridgehead atoms. The summed E-state index contributed by atoms with van der Waals surface area (Å²) in [6, 6.07) is 14.2. The summed E-state index contributed by atoms with van der Waals surface area (Å²) in [4.78, 5) is 28.5. The van der Waals surface area contributed by atoms with Crippen LogP contribution in [0.5, 0.6) is 0 Å². The van der Waals surface area contributed by atoms with Crippen molar-refractivity contribution < 1.29 is 14.7 Å². The van der Waals surface area contributed by atoms with Gasteiger partial charge >= 0.3 is 5.97 Å². The number of piperazine rings is 1. The lowest BCUT2D eigenvalue weighted by molar-refractivity contribution is 0.0696. The Hall–Kier alpha value is -2.76. The molecule has 1 N–H and O–H groups in total. The van der Waals surface area contributed by atoms with Gasteiger partial charge in [-0.15, -0.1) is 0 Å². The molecule has 0 atom stereocenters. The summed E-state index contributed by atoms with van der Waals surface area (Å²) >= 11 is 0. The van der Waals surface area contributed by atoms with E-state index in [-0.39, 0.29) is 11.3 Å². The van der Waals surface area contributed by atoms with E-state index in [2.05, 4.69) is 16.8 Å². The molecule has 2 aromatic rings. The topological polar surface area (TPSA) is 60.9 Å². The van der Waals surface area contributed by atoms with E-state index in [4.69, 9.17) is 5.11 Å². The first-order valence-electron chi connectivity index (χ1n) is 9.07. The number of benzene rings is 2. The third kappa shape index (κ3) is 5.12. The van der Waals surface area contributed by atoms with Gasteiger partial charge in [0.25, 0.3) is 0 Å². The Labute approximate surface area is 159 Å². The number of hydrogen-bond donors (Lipinski definition) is 1. The van der Waals surface area contributed by atoms with Crippen LogP contribution in [-0.4, -0.2) is 59.9 Å². The molecule has 0 spiro atoms. The van der Waals surface area contributed by atoms with Gasteiger partial charge in [0.05, 0.1) is 5.56 Å². The lowest BCUT2D eigenvalue weighted by atomic mass is 10.0. The number of carbonyl (C=O) groups excluding carboxylic acids is 1. The molecule has 0 aromatic heterocycles. The largest absolute Gasteiger partial charge is 0.478 e. The first-order chi connectivity index (χ1) is 13.0. The normalized spacial score (nSPS) is 15.9. The summed E-state index contributed by atoms with van der Waals surface area (Å²) in [5.74, 6) is -1.05. The van der Waals surface area contributed by atoms with Crippen molar-refractivity contribution in [2.45, 2.75) is 6.54 Å². The summed E-state index contributed by atoms with van der Waals surface area (Å²) < 4.78 is 0. The Morgan fingerprint density at radius 2 is 1.78 bits per heavy atom. The maximum atomic E-state index is 12.7. The monoisotopic (exact) mass is 364 g/mol. The smallest absolute Gasteiger partial charge is 0.335 e. The van der Waals surface area contributed by atoms with Crippen molar-refractivity contribution in [3.05, 3.63) is 76.9 Å². The van der Waals surface area contributed by atoms with Crippen LogP contribution in [0.3, 0.4) is 0 Å². The fourth-order valence-corrected chi connectivity index (χ4v) is 3.18. The van der Waals surface area contributed by atoms with E-state index in [0.717, 1.165) is 38.3 Å². The second-order valence-corrected chi connectivity index (χ2v) is 6.86. The maximum absolute atomic E-state index is 12.7. The molecule has 5 heteroatoms. The van der Waals surface area contributed by atoms with Gasteiger partial charge in [-0.3, -0.25) is 9.69 Å². The lowest BCUT2D eigenvalue weighted by Crippen LogP contribution is -2.44. The van der Waals surface area contributed by atoms with E-state index in [0.29, 0.717) is 11.1 Å². The fourth-order valence-electron chi connectivity index (χ4n) is 3.18. The van der Waals surface area contributed by atoms with Crippen LogP contribution in [0, 0.1) is 0 Å². The first-order valence-corrected chi connectivity index (χ1v) is 9.07. The second kappa shape index (κ2) is 8.75. The molecule has 0 aliphatic carbocycles. The number of carboxylic acids is 1. The molecule has 1 fully saturated rings. The zero-order valence-corrected chi connectivity index (χ0v) is 15.5. The quantitative estimate of drug-likeness (QED) is 0.631. The summed E-state index contributed by atoms with van der Waals surface area (Å²) in [6.45, 7) is 4.83. The molecule has 1 heterocycles. The predicted molar refractivity (Wildman–Crippen MR) is 106 cm³/mol. The Balaban J connectivity index is 1.73. The molecular formula is C22H24N2O3. The van der Waals surface area contributed by atoms with Gasteiger partial charge in [-0.2, -0.15) is 0 Å². The number of rotatable bonds is 6. The fraction of sp³-hybridized carbons (Fsp3) is 0.273. The second-order valence-electron chi connectivity index (χ2n) is 6.86. The molecule has 2 aromatic carbocycles. The van der Waals surface area contributed by atoms with Crippen molar-refractivity contribution in [1.82, 2.24) is 9.80 Å². The Bertz CT molecular complexity index is 852. The van der Waals surface area contributed by atoms with Crippen LogP contribution >= 0.6 is 0 Å². The maximum Gasteiger partial charge on any atom is 0.335 e. The molecule has 1 aliphatic heterocycles. The van der Waals surface area contributed by atoms with Gasteiger partial charge in [-0.1, -0.05) is 42.5 Å². The SMILES string of the molecule is CN1CCN(Cc2ccccc2C(=O)/C=C/c2cccc(C(=O)O)c2)CC1. The minimum absolute atomic E-state index is 0.0690. The van der Waals surface area contributed by atoms with E-state index >= 15 is 0 Å². The molecule has 0 amide bonds. The van der Waals surface area contributed by atoms with Gasteiger partial charge in [0.2, 0.25) is 0 Å². The van der Waals surface area contributed by atoms with Crippen LogP contribution < -0.4 is 0 Å². The van der Waals surface area contributed by atoms with E-state index < -0.39 is 5.97 Å². The highest BCUT2D eigenvalue weighted by Crippen LogP contribution is 2.15. The number of nitrogens with zero attached hydrogens (tertiary/aromatic N) is 2. The van der Waals surface area contributed by atoms with Crippen LogP contribution in [0.4, 0.5) is 0 Å². The van der Waals surface area contributed by atoms with E-state index in [9.17, 15) is 9.59 Å². The average Bonchev–Trinajstić information content (AvgIpc) is 2.68. The molecule has 140 valence electrons. The lowest BCUT2D eigenvalue weighted by Gasteiger charge is -2.32. The highest BCUT2D eigenvalue weighted by Gasteiger charge is 2.16. The van der Waals surface area contributed by atoms with Crippen LogP contribution in [0.2, 0.25) is 0 Å². The summed E-state index contributed by atoms with van der Waals surface area (Å²) in [6.07, 6.45) is 3.19. The minimum atomic E-state index is -0.978. The Kier molecular flexibility index (Phi) is 6.16. The molecule has 5 nitrogen and oxygen atoms in total. The van der Waals surface area contributed by atoms with Gasteiger partial charge in [-0.05, 0) is 36.4 Å². The zero-order valence-electron chi connectivity index (χ0n) is 15.5. The van der Waals surface area contributed by atoms with Gasteiger partial charge in [0.1, 0.15) is 0 Å². The van der Waals surface area contributed by atoms with Crippen molar-refractivity contribution in [2.75, 3.05) is 33.2 Å². The van der Waals surface area contributed by atoms with E-state index in [1.165, 1.54) is 12.1 Å². The summed E-state index contributed by atoms with van der Waals surface area (Å²) in [5.41, 5.74) is 2.62. The van der Waals surface area contributed by atoms with Crippen molar-refractivity contribution in [2.24, 2.45) is 0 Å². The Morgan fingerprint density at radius 1 is 1.04 bits per heavy atom. The number of aromatic carboxylic acids is 1. The van der Waals surface area contributed by atoms with Crippen molar-refractivity contribution >= 4 is 17.8 Å². The molecule has 0 unspecified atom stereocenters. The predicted octanol–water partition coefficient (Wildman–Crippen LogP) is 3.03. The van der Waals surface area contributed by atoms with E-state index in [1.54, 1.807) is 24.3 Å². The molecular weight excluding hydrogens is 340 g/mol. The number of hydrogen-bond acceptors (Lipinski definition) is 4. The highest BCUT2D eigenvalue weighted by molar-refractivity contribution is 6.07. The van der Waals surface area contributed by atoms with Crippen LogP contribution in [0.1, 0.15) is 31.8 Å². The Morgan fingerprint density at radius 3 is 2.52 bits per heavy atom. The van der Waals surface area contributed by atoms with Crippen LogP contribution in [0.15, 0.2) is 54.6 Å². The molecule has 1 saturated heterocycles. The average molecular weight is 364 g/mol. The molecule has 1 aliphatic rings. The van der Waals surface area contributed by atoms with Crippen LogP contribution in [0.25, 0.3) is 6.08 Å². The van der Waals surface area contributed by atoms with Gasteiger partial charge in [-0.25, -0.2) is 4.79 Å². The van der Waals surface area contributed by atoms with Crippen LogP contribution in [-0.2, 0) is 6.54 Å². The van der Waals surface area contributed by atoms with Gasteiger partial charge in [0.15, 0.2) is 5.78 Å². The number of carbonyl (C=O) groups is 2. The third-order valence-corrected chi connectivity index (χ3v) is 4.83. The number of carboxylic acid groups (broad SMARTS) is 1. The number of likely N-dealkylation sites (N-methyl/N-ethyl adjacent to an activating group) is 1. The van der Waals surface area contributed by atoms with Gasteiger partial charge in [0, 0.05) is 38.3 Å². The molecule has 0 radical (unpaired) electrons. The van der Waals surface area contributed by atoms with Crippen molar-refractivity contribution in [3.8, 4) is 0 Å². The number of allylic oxidation sites excluding steroid dienone is 1. The van der Waals surface area contributed by atoms with Crippen molar-refractivity contribution in [3.63, 3.8) is 0 Å². The number of ketones is 1. The first kappa shape index (κ1) is 19.0. The minimum Gasteiger partial charge on any atom is -0.478 e. The molecule has 0 saturated carbocycles. The van der Waals surface area contributed by atoms with Gasteiger partial charge < -0.3 is 10.0 Å². The molecule has 3 rings (SSSR count).